The average Bonchev–Trinajstić information content (AvgIpc) is 2.55. The molecule has 90 valence electrons. The predicted molar refractivity (Wildman–Crippen MR) is 51.5 cm³/mol. The van der Waals surface area contributed by atoms with E-state index in [0.717, 1.165) is 6.07 Å². The summed E-state index contributed by atoms with van der Waals surface area (Å²) in [4.78, 5) is 23.7. The van der Waals surface area contributed by atoms with Crippen LogP contribution in [0.4, 0.5) is 18.9 Å². The summed E-state index contributed by atoms with van der Waals surface area (Å²) in [6.45, 7) is 0. The largest absolute Gasteiger partial charge is 0.471 e. The number of anilines is 1. The van der Waals surface area contributed by atoms with Crippen molar-refractivity contribution in [3.05, 3.63) is 28.7 Å². The van der Waals surface area contributed by atoms with Gasteiger partial charge in [-0.1, -0.05) is 0 Å². The number of nitrogens with one attached hydrogen (secondary N) is 2. The molecule has 1 amide bonds. The Morgan fingerprint density at radius 1 is 1.35 bits per heavy atom. The number of alkyl halides is 3. The van der Waals surface area contributed by atoms with Crippen molar-refractivity contribution in [2.75, 3.05) is 5.32 Å². The van der Waals surface area contributed by atoms with Crippen LogP contribution < -0.4 is 11.1 Å². The molecule has 1 aromatic carbocycles. The van der Waals surface area contributed by atoms with E-state index in [-0.39, 0.29) is 11.3 Å². The van der Waals surface area contributed by atoms with Gasteiger partial charge < -0.3 is 9.73 Å². The Bertz CT molecular complexity index is 626. The Labute approximate surface area is 91.2 Å². The third kappa shape index (κ3) is 2.30. The number of halogens is 3. The van der Waals surface area contributed by atoms with Crippen LogP contribution in [0.25, 0.3) is 11.1 Å². The van der Waals surface area contributed by atoms with Crippen LogP contribution in [0.3, 0.4) is 0 Å². The van der Waals surface area contributed by atoms with E-state index in [4.69, 9.17) is 0 Å². The maximum atomic E-state index is 12.0. The number of aromatic amines is 1. The Morgan fingerprint density at radius 2 is 2.06 bits per heavy atom. The molecule has 0 saturated carbocycles. The van der Waals surface area contributed by atoms with Crippen LogP contribution in [-0.2, 0) is 4.79 Å². The molecule has 0 spiro atoms. The molecule has 0 bridgehead atoms. The van der Waals surface area contributed by atoms with E-state index in [1.165, 1.54) is 12.1 Å². The van der Waals surface area contributed by atoms with E-state index in [9.17, 15) is 22.8 Å². The molecule has 0 radical (unpaired) electrons. The molecule has 0 unspecified atom stereocenters. The topological polar surface area (TPSA) is 75.1 Å². The standard InChI is InChI=1S/C9H5F3N2O3/c10-9(11,12)7(15)13-4-1-2-5-6(3-4)17-8(16)14-5/h1-3H,(H,13,15)(H,14,16). The lowest BCUT2D eigenvalue weighted by Gasteiger charge is -2.07. The molecule has 17 heavy (non-hydrogen) atoms. The summed E-state index contributed by atoms with van der Waals surface area (Å²) in [5.41, 5.74) is 0.289. The third-order valence-corrected chi connectivity index (χ3v) is 1.94. The van der Waals surface area contributed by atoms with Crippen LogP contribution >= 0.6 is 0 Å². The minimum Gasteiger partial charge on any atom is -0.408 e. The Balaban J connectivity index is 2.31. The molecule has 0 atom stereocenters. The fourth-order valence-corrected chi connectivity index (χ4v) is 1.23. The van der Waals surface area contributed by atoms with Gasteiger partial charge in [0, 0.05) is 11.8 Å². The van der Waals surface area contributed by atoms with Gasteiger partial charge in [-0.15, -0.1) is 0 Å². The zero-order valence-corrected chi connectivity index (χ0v) is 8.09. The predicted octanol–water partition coefficient (Wildman–Crippen LogP) is 1.62. The van der Waals surface area contributed by atoms with E-state index in [1.807, 2.05) is 0 Å². The van der Waals surface area contributed by atoms with Gasteiger partial charge in [0.05, 0.1) is 5.52 Å². The van der Waals surface area contributed by atoms with Crippen molar-refractivity contribution in [2.45, 2.75) is 6.18 Å². The van der Waals surface area contributed by atoms with Crippen LogP contribution in [0, 0.1) is 0 Å². The normalized spacial score (nSPS) is 11.7. The molecular formula is C9H5F3N2O3. The first-order valence-corrected chi connectivity index (χ1v) is 4.37. The SMILES string of the molecule is O=C(Nc1ccc2[nH]c(=O)oc2c1)C(F)(F)F. The third-order valence-electron chi connectivity index (χ3n) is 1.94. The highest BCUT2D eigenvalue weighted by atomic mass is 19.4. The lowest BCUT2D eigenvalue weighted by Crippen LogP contribution is -2.29. The summed E-state index contributed by atoms with van der Waals surface area (Å²) < 4.78 is 40.5. The fourth-order valence-electron chi connectivity index (χ4n) is 1.23. The summed E-state index contributed by atoms with van der Waals surface area (Å²) in [5, 5.41) is 1.64. The number of H-pyrrole nitrogens is 1. The molecule has 0 aliphatic rings. The molecule has 1 aromatic heterocycles. The molecule has 2 aromatic rings. The van der Waals surface area contributed by atoms with Crippen molar-refractivity contribution in [3.63, 3.8) is 0 Å². The summed E-state index contributed by atoms with van der Waals surface area (Å²) in [7, 11) is 0. The minimum absolute atomic E-state index is 0.0648. The zero-order valence-electron chi connectivity index (χ0n) is 8.09. The fraction of sp³-hybridized carbons (Fsp3) is 0.111. The number of oxazole rings is 1. The van der Waals surface area contributed by atoms with E-state index < -0.39 is 17.8 Å². The number of hydrogen-bond acceptors (Lipinski definition) is 3. The zero-order chi connectivity index (χ0) is 12.6. The Hall–Kier alpha value is -2.25. The maximum Gasteiger partial charge on any atom is 0.471 e. The van der Waals surface area contributed by atoms with E-state index in [0.29, 0.717) is 5.52 Å². The van der Waals surface area contributed by atoms with Crippen LogP contribution in [0.1, 0.15) is 0 Å². The number of hydrogen-bond donors (Lipinski definition) is 2. The molecule has 5 nitrogen and oxygen atoms in total. The van der Waals surface area contributed by atoms with Gasteiger partial charge in [0.1, 0.15) is 0 Å². The van der Waals surface area contributed by atoms with Crippen LogP contribution in [-0.4, -0.2) is 17.1 Å². The Kier molecular flexibility index (Phi) is 2.41. The van der Waals surface area contributed by atoms with Gasteiger partial charge in [-0.05, 0) is 12.1 Å². The molecule has 8 heteroatoms. The number of amides is 1. The summed E-state index contributed by atoms with van der Waals surface area (Å²) >= 11 is 0. The van der Waals surface area contributed by atoms with E-state index in [1.54, 1.807) is 5.32 Å². The monoisotopic (exact) mass is 246 g/mol. The molecule has 2 rings (SSSR count). The lowest BCUT2D eigenvalue weighted by molar-refractivity contribution is -0.167. The van der Waals surface area contributed by atoms with E-state index >= 15 is 0 Å². The number of carbonyl (C=O) groups excluding carboxylic acids is 1. The van der Waals surface area contributed by atoms with E-state index in [2.05, 4.69) is 9.40 Å². The van der Waals surface area contributed by atoms with Crippen molar-refractivity contribution in [1.82, 2.24) is 4.98 Å². The highest BCUT2D eigenvalue weighted by Gasteiger charge is 2.38. The second-order valence-electron chi connectivity index (χ2n) is 3.18. The smallest absolute Gasteiger partial charge is 0.408 e. The number of fused-ring (bicyclic) bond motifs is 1. The van der Waals surface area contributed by atoms with Gasteiger partial charge in [0.15, 0.2) is 5.58 Å². The van der Waals surface area contributed by atoms with Gasteiger partial charge in [-0.25, -0.2) is 4.79 Å². The van der Waals surface area contributed by atoms with Crippen LogP contribution in [0.2, 0.25) is 0 Å². The number of benzene rings is 1. The summed E-state index contributed by atoms with van der Waals surface area (Å²) in [6, 6.07) is 3.67. The maximum absolute atomic E-state index is 12.0. The first-order chi connectivity index (χ1) is 7.86. The number of rotatable bonds is 1. The highest BCUT2D eigenvalue weighted by Crippen LogP contribution is 2.20. The van der Waals surface area contributed by atoms with Crippen LogP contribution in [0.15, 0.2) is 27.4 Å². The van der Waals surface area contributed by atoms with Crippen molar-refractivity contribution in [1.29, 1.82) is 0 Å². The quantitative estimate of drug-likeness (QED) is 0.802. The molecule has 2 N–H and O–H groups in total. The molecule has 0 aliphatic carbocycles. The van der Waals surface area contributed by atoms with Gasteiger partial charge in [-0.2, -0.15) is 13.2 Å². The highest BCUT2D eigenvalue weighted by molar-refractivity contribution is 5.96. The molecule has 1 heterocycles. The van der Waals surface area contributed by atoms with Crippen molar-refractivity contribution in [2.24, 2.45) is 0 Å². The average molecular weight is 246 g/mol. The lowest BCUT2D eigenvalue weighted by atomic mass is 10.3. The van der Waals surface area contributed by atoms with Gasteiger partial charge in [0.25, 0.3) is 0 Å². The second-order valence-corrected chi connectivity index (χ2v) is 3.18. The van der Waals surface area contributed by atoms with Crippen molar-refractivity contribution in [3.8, 4) is 0 Å². The minimum atomic E-state index is -4.96. The van der Waals surface area contributed by atoms with Gasteiger partial charge >= 0.3 is 17.8 Å². The number of aromatic nitrogens is 1. The molecule has 0 saturated heterocycles. The first kappa shape index (κ1) is 11.2. The molecule has 0 aliphatic heterocycles. The van der Waals surface area contributed by atoms with Crippen molar-refractivity contribution >= 4 is 22.7 Å². The number of carbonyl (C=O) groups is 1. The molecular weight excluding hydrogens is 241 g/mol. The first-order valence-electron chi connectivity index (χ1n) is 4.37. The van der Waals surface area contributed by atoms with Crippen molar-refractivity contribution < 1.29 is 22.4 Å². The van der Waals surface area contributed by atoms with Gasteiger partial charge in [-0.3, -0.25) is 9.78 Å². The summed E-state index contributed by atoms with van der Waals surface area (Å²) in [5.74, 6) is -2.81. The second kappa shape index (κ2) is 3.65. The van der Waals surface area contributed by atoms with Gasteiger partial charge in [0.2, 0.25) is 0 Å². The summed E-state index contributed by atoms with van der Waals surface area (Å²) in [6.07, 6.45) is -4.96. The Morgan fingerprint density at radius 3 is 2.71 bits per heavy atom. The molecule has 0 fully saturated rings. The van der Waals surface area contributed by atoms with Crippen LogP contribution in [0.5, 0.6) is 0 Å².